The highest BCUT2D eigenvalue weighted by atomic mass is 28.4. The molecular weight excluding hydrogens is 1570 g/mol. The highest BCUT2D eigenvalue weighted by molar-refractivity contribution is 6.74. The molecule has 8 aromatic heterocycles. The standard InChI is InChI=1S/C44H58N12O7Si.C38H44N12O7/c1-11-55-32(20-26(3)51-55)40(59)49-42-47-30-22-28(38(45)57)24-34(61-8)36(30)53(42)16-13-14-17-54-37-31(48-43(54)50-41(60)33-21-27(4)52-56(33)12-2)23-29(39(46)58)25-35(37)62-18-15-19-63-64(9,10)44(5,6)7;1-6-49-27(15-21(3)45-49)35(54)43-37-41-25-17-23(33(39)52)19-29(56-5)31(25)47(37)11-8-9-12-48-32-26(18-24(34(40)53)20-30(32)57-14-10-13-51)42-38(48)44-36(55)28-16-22(4)46-50(28)7-2/h13-14,20-25H,11-12,15-19H2,1-10H3,(H2,45,57)(H2,46,58)(H,47,49,59)(H,48,50,60);8-9,15-20,51H,6-7,10-14H2,1-5H3,(H2,39,52)(H2,40,53)(H,41,43,54)(H,42,44,55)/b14-13+;9-8+. The van der Waals surface area contributed by atoms with Gasteiger partial charge >= 0.3 is 0 Å². The number of methoxy groups -OCH3 is 2. The number of allylic oxidation sites excluding steroid dienone is 4. The van der Waals surface area contributed by atoms with E-state index in [1.54, 1.807) is 94.2 Å². The number of anilines is 4. The highest BCUT2D eigenvalue weighted by Crippen LogP contribution is 2.39. The maximum absolute atomic E-state index is 13.8. The Bertz CT molecular complexity index is 6040. The van der Waals surface area contributed by atoms with Crippen molar-refractivity contribution < 1.29 is 66.8 Å². The molecule has 121 heavy (non-hydrogen) atoms. The number of nitrogens with zero attached hydrogens (tertiary/aromatic N) is 16. The van der Waals surface area contributed by atoms with Crippen molar-refractivity contribution in [1.29, 1.82) is 0 Å². The summed E-state index contributed by atoms with van der Waals surface area (Å²) in [5.41, 5.74) is 30.8. The molecule has 0 radical (unpaired) electrons. The quantitative estimate of drug-likeness (QED) is 0.0100. The van der Waals surface area contributed by atoms with Crippen molar-refractivity contribution in [2.24, 2.45) is 22.9 Å². The largest absolute Gasteiger partial charge is 0.494 e. The number of aryl methyl sites for hydroxylation is 8. The van der Waals surface area contributed by atoms with Crippen molar-refractivity contribution in [1.82, 2.24) is 77.3 Å². The number of aliphatic hydroxyl groups is 1. The summed E-state index contributed by atoms with van der Waals surface area (Å²) in [6, 6.07) is 19.0. The number of hydrogen-bond acceptors (Lipinski definition) is 22. The summed E-state index contributed by atoms with van der Waals surface area (Å²) in [5.74, 6) is -2.56. The molecule has 0 unspecified atom stereocenters. The number of aliphatic hydroxyl groups excluding tert-OH is 1. The highest BCUT2D eigenvalue weighted by Gasteiger charge is 2.37. The van der Waals surface area contributed by atoms with E-state index in [2.05, 4.69) is 85.5 Å². The fourth-order valence-corrected chi connectivity index (χ4v) is 14.5. The summed E-state index contributed by atoms with van der Waals surface area (Å²) in [7, 11) is 0.922. The second kappa shape index (κ2) is 37.4. The van der Waals surface area contributed by atoms with Crippen molar-refractivity contribution in [3.8, 4) is 23.0 Å². The molecule has 0 bridgehead atoms. The SMILES string of the molecule is CCn1nc(C)cc1C(=O)Nc1nc2cc(C(N)=O)cc(OC)c2n1C/C=C/Cn1c(NC(=O)c2cc(C)nn2CC)nc2cc(C(N)=O)cc(OCCCO)c21.CCn1nc(C)cc1C(=O)Nc1nc2cc(C(N)=O)cc(OC)c2n1C/C=C/Cn1c(NC(=O)c2cc(C)nn2CC)nc2cc(C(N)=O)cc(OCCCO[Si](C)(C)C(C)(C)C)c21. The zero-order valence-electron chi connectivity index (χ0n) is 70.4. The molecule has 8 heterocycles. The number of nitrogens with one attached hydrogen (secondary N) is 4. The van der Waals surface area contributed by atoms with Crippen molar-refractivity contribution in [3.05, 3.63) is 165 Å². The Balaban J connectivity index is 0.000000238. The van der Waals surface area contributed by atoms with E-state index in [4.69, 9.17) is 56.3 Å². The maximum atomic E-state index is 13.8. The number of fused-ring (bicyclic) bond motifs is 4. The third-order valence-electron chi connectivity index (χ3n) is 20.3. The van der Waals surface area contributed by atoms with Crippen molar-refractivity contribution in [2.75, 3.05) is 61.9 Å². The molecule has 638 valence electrons. The zero-order valence-corrected chi connectivity index (χ0v) is 71.4. The molecule has 38 nitrogen and oxygen atoms in total. The van der Waals surface area contributed by atoms with E-state index in [-0.39, 0.29) is 103 Å². The van der Waals surface area contributed by atoms with E-state index >= 15 is 0 Å². The molecule has 0 fully saturated rings. The van der Waals surface area contributed by atoms with Crippen LogP contribution in [0, 0.1) is 27.7 Å². The summed E-state index contributed by atoms with van der Waals surface area (Å²) >= 11 is 0. The number of rotatable bonds is 36. The van der Waals surface area contributed by atoms with E-state index in [0.717, 1.165) is 0 Å². The molecule has 12 rings (SSSR count). The molecule has 0 spiro atoms. The van der Waals surface area contributed by atoms with Crippen molar-refractivity contribution in [3.63, 3.8) is 0 Å². The van der Waals surface area contributed by atoms with Gasteiger partial charge in [-0.15, -0.1) is 0 Å². The van der Waals surface area contributed by atoms with Crippen molar-refractivity contribution >= 4 is 124 Å². The van der Waals surface area contributed by atoms with Gasteiger partial charge < -0.3 is 69.7 Å². The van der Waals surface area contributed by atoms with Crippen LogP contribution >= 0.6 is 0 Å². The smallest absolute Gasteiger partial charge is 0.276 e. The van der Waals surface area contributed by atoms with Gasteiger partial charge in [-0.05, 0) is 146 Å². The molecule has 0 aliphatic rings. The van der Waals surface area contributed by atoms with E-state index in [9.17, 15) is 43.5 Å². The Morgan fingerprint density at radius 3 is 0.901 bits per heavy atom. The van der Waals surface area contributed by atoms with Gasteiger partial charge in [-0.1, -0.05) is 45.1 Å². The Hall–Kier alpha value is -13.8. The van der Waals surface area contributed by atoms with Crippen LogP contribution in [0.15, 0.2) is 97.1 Å². The molecule has 0 aliphatic heterocycles. The topological polar surface area (TPSA) is 498 Å². The van der Waals surface area contributed by atoms with Crippen LogP contribution in [-0.4, -0.2) is 179 Å². The molecular formula is C82H102N24O14Si. The number of hydrogen-bond donors (Lipinski definition) is 9. The second-order valence-corrected chi connectivity index (χ2v) is 34.7. The zero-order chi connectivity index (χ0) is 87.6. The minimum Gasteiger partial charge on any atom is -0.494 e. The predicted octanol–water partition coefficient (Wildman–Crippen LogP) is 9.36. The van der Waals surface area contributed by atoms with Gasteiger partial charge in [0.15, 0.2) is 8.32 Å². The number of amides is 8. The van der Waals surface area contributed by atoms with Gasteiger partial charge in [0.05, 0.1) is 72.3 Å². The summed E-state index contributed by atoms with van der Waals surface area (Å²) in [4.78, 5) is 123. The van der Waals surface area contributed by atoms with Crippen LogP contribution in [0.4, 0.5) is 23.8 Å². The summed E-state index contributed by atoms with van der Waals surface area (Å²) in [6.07, 6.45) is 8.23. The molecule has 0 saturated heterocycles. The Labute approximate surface area is 696 Å². The molecule has 4 aromatic carbocycles. The number of carbonyl (C=O) groups is 8. The Morgan fingerprint density at radius 1 is 0.405 bits per heavy atom. The lowest BCUT2D eigenvalue weighted by molar-refractivity contribution is 0.0991. The Kier molecular flexibility index (Phi) is 27.2. The first kappa shape index (κ1) is 88.0. The first-order chi connectivity index (χ1) is 57.6. The van der Waals surface area contributed by atoms with Crippen LogP contribution in [0.5, 0.6) is 23.0 Å². The van der Waals surface area contributed by atoms with Gasteiger partial charge in [0.1, 0.15) is 67.8 Å². The van der Waals surface area contributed by atoms with Gasteiger partial charge in [-0.3, -0.25) is 78.4 Å². The molecule has 12 aromatic rings. The molecule has 0 aliphatic carbocycles. The van der Waals surface area contributed by atoms with E-state index in [0.29, 0.717) is 153 Å². The minimum atomic E-state index is -1.99. The van der Waals surface area contributed by atoms with Crippen LogP contribution in [0.1, 0.15) is 167 Å². The third-order valence-corrected chi connectivity index (χ3v) is 24.8. The van der Waals surface area contributed by atoms with Gasteiger partial charge in [-0.25, -0.2) is 19.9 Å². The van der Waals surface area contributed by atoms with Crippen LogP contribution in [0.2, 0.25) is 18.1 Å². The fourth-order valence-electron chi connectivity index (χ4n) is 13.4. The third kappa shape index (κ3) is 19.5. The average Bonchev–Trinajstić information content (AvgIpc) is 1.63. The number of carbonyl (C=O) groups excluding carboxylic acids is 8. The monoisotopic (exact) mass is 1670 g/mol. The summed E-state index contributed by atoms with van der Waals surface area (Å²) in [5, 5.41) is 38.7. The molecule has 13 N–H and O–H groups in total. The van der Waals surface area contributed by atoms with E-state index < -0.39 is 55.6 Å². The van der Waals surface area contributed by atoms with E-state index in [1.807, 2.05) is 58.9 Å². The van der Waals surface area contributed by atoms with Gasteiger partial charge in [0.2, 0.25) is 47.4 Å². The van der Waals surface area contributed by atoms with E-state index in [1.165, 1.54) is 50.6 Å². The molecule has 0 atom stereocenters. The van der Waals surface area contributed by atoms with Gasteiger partial charge in [0, 0.05) is 101 Å². The fraction of sp³-hybridized carbons (Fsp3) is 0.366. The normalized spacial score (nSPS) is 11.8. The van der Waals surface area contributed by atoms with Crippen LogP contribution in [0.3, 0.4) is 0 Å². The van der Waals surface area contributed by atoms with Gasteiger partial charge in [-0.2, -0.15) is 20.4 Å². The lowest BCUT2D eigenvalue weighted by Gasteiger charge is -2.36. The second-order valence-electron chi connectivity index (χ2n) is 29.9. The lowest BCUT2D eigenvalue weighted by Crippen LogP contribution is -2.41. The minimum absolute atomic E-state index is 0.0453. The molecule has 0 saturated carbocycles. The van der Waals surface area contributed by atoms with Crippen LogP contribution < -0.4 is 63.1 Å². The number of nitrogens with two attached hydrogens (primary N) is 4. The van der Waals surface area contributed by atoms with Crippen LogP contribution in [-0.2, 0) is 56.8 Å². The predicted molar refractivity (Wildman–Crippen MR) is 457 cm³/mol. The number of ether oxygens (including phenoxy) is 4. The van der Waals surface area contributed by atoms with Crippen LogP contribution in [0.25, 0.3) is 44.1 Å². The number of aromatic nitrogens is 16. The van der Waals surface area contributed by atoms with Gasteiger partial charge in [0.25, 0.3) is 23.6 Å². The molecule has 39 heteroatoms. The lowest BCUT2D eigenvalue weighted by atomic mass is 10.1. The first-order valence-electron chi connectivity index (χ1n) is 39.3. The summed E-state index contributed by atoms with van der Waals surface area (Å²) in [6.45, 7) is 28.9. The Morgan fingerprint density at radius 2 is 0.661 bits per heavy atom. The maximum Gasteiger partial charge on any atom is 0.276 e. The number of benzene rings is 4. The average molecular weight is 1680 g/mol. The van der Waals surface area contributed by atoms with Crippen molar-refractivity contribution in [2.45, 2.75) is 159 Å². The molecule has 8 amide bonds. The summed E-state index contributed by atoms with van der Waals surface area (Å²) < 4.78 is 43.5. The number of primary amides is 4. The first-order valence-corrected chi connectivity index (χ1v) is 42.2. The number of imidazole rings is 4.